The molecule has 10 heteroatoms. The Balaban J connectivity index is 1.76. The first-order valence-corrected chi connectivity index (χ1v) is 10.8. The van der Waals surface area contributed by atoms with Crippen molar-refractivity contribution >= 4 is 44.9 Å². The fourth-order valence-electron chi connectivity index (χ4n) is 2.64. The molecule has 0 spiro atoms. The first-order valence-electron chi connectivity index (χ1n) is 8.38. The normalized spacial score (nSPS) is 18.2. The molecule has 1 aromatic carbocycles. The second-order valence-electron chi connectivity index (χ2n) is 6.02. The van der Waals surface area contributed by atoms with Gasteiger partial charge in [0.1, 0.15) is 0 Å². The fraction of sp³-hybridized carbons (Fsp3) is 0.500. The first kappa shape index (κ1) is 20.9. The Morgan fingerprint density at radius 3 is 2.65 bits per heavy atom. The van der Waals surface area contributed by atoms with Gasteiger partial charge in [-0.15, -0.1) is 0 Å². The Hall–Kier alpha value is -1.42. The van der Waals surface area contributed by atoms with Crippen LogP contribution in [0.15, 0.2) is 24.3 Å². The van der Waals surface area contributed by atoms with E-state index in [1.165, 1.54) is 4.31 Å². The van der Waals surface area contributed by atoms with Gasteiger partial charge in [0.2, 0.25) is 15.9 Å². The van der Waals surface area contributed by atoms with Crippen LogP contribution in [-0.2, 0) is 21.4 Å². The van der Waals surface area contributed by atoms with Crippen molar-refractivity contribution in [3.63, 3.8) is 0 Å². The quantitative estimate of drug-likeness (QED) is 0.494. The fourth-order valence-corrected chi connectivity index (χ4v) is 4.07. The van der Waals surface area contributed by atoms with Gasteiger partial charge in [0.25, 0.3) is 0 Å². The third-order valence-corrected chi connectivity index (χ3v) is 6.53. The minimum atomic E-state index is -3.28. The molecule has 2 rings (SSSR count). The molecular weight excluding hydrogens is 396 g/mol. The lowest BCUT2D eigenvalue weighted by Gasteiger charge is -2.30. The number of hydrogen-bond acceptors (Lipinski definition) is 4. The van der Waals surface area contributed by atoms with Gasteiger partial charge in [0.15, 0.2) is 5.11 Å². The number of sulfonamides is 1. The van der Waals surface area contributed by atoms with E-state index in [0.717, 1.165) is 5.56 Å². The molecule has 1 atom stereocenters. The second kappa shape index (κ2) is 9.50. The van der Waals surface area contributed by atoms with Gasteiger partial charge in [-0.3, -0.25) is 15.6 Å². The zero-order valence-electron chi connectivity index (χ0n) is 14.5. The number of rotatable bonds is 5. The molecule has 1 fully saturated rings. The third kappa shape index (κ3) is 6.08. The average molecular weight is 419 g/mol. The number of thiocarbonyl (C=S) groups is 1. The number of nitrogens with zero attached hydrogens (tertiary/aromatic N) is 1. The van der Waals surface area contributed by atoms with Crippen LogP contribution in [-0.4, -0.2) is 42.6 Å². The van der Waals surface area contributed by atoms with Crippen LogP contribution in [0.4, 0.5) is 0 Å². The van der Waals surface area contributed by atoms with E-state index in [2.05, 4.69) is 16.2 Å². The number of piperidine rings is 1. The predicted molar refractivity (Wildman–Crippen MR) is 106 cm³/mol. The van der Waals surface area contributed by atoms with Crippen LogP contribution >= 0.6 is 23.8 Å². The predicted octanol–water partition coefficient (Wildman–Crippen LogP) is 1.40. The van der Waals surface area contributed by atoms with Gasteiger partial charge in [-0.1, -0.05) is 23.7 Å². The van der Waals surface area contributed by atoms with Crippen molar-refractivity contribution in [1.82, 2.24) is 20.5 Å². The summed E-state index contributed by atoms with van der Waals surface area (Å²) in [5.41, 5.74) is 6.21. The molecule has 0 unspecified atom stereocenters. The largest absolute Gasteiger partial charge is 0.357 e. The lowest BCUT2D eigenvalue weighted by atomic mass is 9.99. The highest BCUT2D eigenvalue weighted by Crippen LogP contribution is 2.19. The Labute approximate surface area is 164 Å². The maximum Gasteiger partial charge on any atom is 0.242 e. The summed E-state index contributed by atoms with van der Waals surface area (Å²) >= 11 is 11.0. The molecule has 0 aliphatic carbocycles. The molecule has 0 radical (unpaired) electrons. The summed E-state index contributed by atoms with van der Waals surface area (Å²) in [6.45, 7) is 2.76. The van der Waals surface area contributed by atoms with Crippen molar-refractivity contribution in [2.75, 3.05) is 18.8 Å². The van der Waals surface area contributed by atoms with E-state index in [1.54, 1.807) is 19.1 Å². The van der Waals surface area contributed by atoms with E-state index in [1.807, 2.05) is 12.1 Å². The van der Waals surface area contributed by atoms with Crippen molar-refractivity contribution in [3.8, 4) is 0 Å². The maximum atomic E-state index is 12.3. The molecule has 1 aromatic rings. The summed E-state index contributed by atoms with van der Waals surface area (Å²) in [4.78, 5) is 12.3. The molecule has 144 valence electrons. The van der Waals surface area contributed by atoms with Gasteiger partial charge < -0.3 is 5.32 Å². The molecular formula is C16H23ClN4O3S2. The van der Waals surface area contributed by atoms with Crippen LogP contribution in [0, 0.1) is 5.92 Å². The molecule has 1 amide bonds. The zero-order chi connectivity index (χ0) is 19.2. The molecule has 0 saturated carbocycles. The molecule has 0 aromatic heterocycles. The zero-order valence-corrected chi connectivity index (χ0v) is 16.9. The van der Waals surface area contributed by atoms with Crippen molar-refractivity contribution < 1.29 is 13.2 Å². The lowest BCUT2D eigenvalue weighted by Crippen LogP contribution is -2.52. The Morgan fingerprint density at radius 1 is 1.31 bits per heavy atom. The monoisotopic (exact) mass is 418 g/mol. The second-order valence-corrected chi connectivity index (χ2v) is 9.12. The van der Waals surface area contributed by atoms with E-state index >= 15 is 0 Å². The van der Waals surface area contributed by atoms with Crippen molar-refractivity contribution in [2.24, 2.45) is 5.92 Å². The Bertz CT molecular complexity index is 740. The highest BCUT2D eigenvalue weighted by molar-refractivity contribution is 7.89. The summed E-state index contributed by atoms with van der Waals surface area (Å²) in [6.07, 6.45) is 1.31. The van der Waals surface area contributed by atoms with Gasteiger partial charge in [-0.25, -0.2) is 12.7 Å². The molecule has 3 N–H and O–H groups in total. The van der Waals surface area contributed by atoms with Crippen molar-refractivity contribution in [2.45, 2.75) is 26.3 Å². The van der Waals surface area contributed by atoms with Gasteiger partial charge >= 0.3 is 0 Å². The molecule has 1 aliphatic heterocycles. The topological polar surface area (TPSA) is 90.5 Å². The molecule has 0 bridgehead atoms. The summed E-state index contributed by atoms with van der Waals surface area (Å²) in [5.74, 6) is -0.619. The average Bonchev–Trinajstić information content (AvgIpc) is 2.65. The van der Waals surface area contributed by atoms with Crippen LogP contribution in [0.5, 0.6) is 0 Å². The number of nitrogens with one attached hydrogen (secondary N) is 3. The van der Waals surface area contributed by atoms with Crippen molar-refractivity contribution in [3.05, 3.63) is 34.9 Å². The van der Waals surface area contributed by atoms with E-state index in [0.29, 0.717) is 31.0 Å². The van der Waals surface area contributed by atoms with E-state index in [-0.39, 0.29) is 23.3 Å². The maximum absolute atomic E-state index is 12.3. The van der Waals surface area contributed by atoms with Gasteiger partial charge in [0.05, 0.1) is 11.7 Å². The minimum Gasteiger partial charge on any atom is -0.357 e. The number of carbonyl (C=O) groups is 1. The number of halogens is 1. The smallest absolute Gasteiger partial charge is 0.242 e. The third-order valence-electron chi connectivity index (χ3n) is 4.18. The molecule has 26 heavy (non-hydrogen) atoms. The Kier molecular flexibility index (Phi) is 7.63. The number of benzene rings is 1. The minimum absolute atomic E-state index is 0.0400. The van der Waals surface area contributed by atoms with Crippen LogP contribution in [0.2, 0.25) is 5.02 Å². The number of carbonyl (C=O) groups excluding carboxylic acids is 1. The summed E-state index contributed by atoms with van der Waals surface area (Å²) in [5, 5.41) is 3.92. The standard InChI is InChI=1S/C16H23ClN4O3S2/c1-2-26(23,24)21-9-3-4-13(11-21)15(22)19-20-16(25)18-10-12-5-7-14(17)8-6-12/h5-8,13H,2-4,9-11H2,1H3,(H,19,22)(H2,18,20,25)/t13-/m1/s1. The van der Waals surface area contributed by atoms with Crippen LogP contribution in [0.25, 0.3) is 0 Å². The number of hydrogen-bond donors (Lipinski definition) is 3. The first-order chi connectivity index (χ1) is 12.3. The number of amides is 1. The summed E-state index contributed by atoms with van der Waals surface area (Å²) < 4.78 is 25.3. The molecule has 7 nitrogen and oxygen atoms in total. The van der Waals surface area contributed by atoms with Gasteiger partial charge in [0, 0.05) is 24.7 Å². The highest BCUT2D eigenvalue weighted by Gasteiger charge is 2.31. The van der Waals surface area contributed by atoms with E-state index < -0.39 is 15.9 Å². The van der Waals surface area contributed by atoms with Crippen LogP contribution in [0.3, 0.4) is 0 Å². The summed E-state index contributed by atoms with van der Waals surface area (Å²) in [6, 6.07) is 7.33. The Morgan fingerprint density at radius 2 is 2.00 bits per heavy atom. The lowest BCUT2D eigenvalue weighted by molar-refractivity contribution is -0.126. The van der Waals surface area contributed by atoms with Gasteiger partial charge in [-0.05, 0) is 49.7 Å². The van der Waals surface area contributed by atoms with E-state index in [9.17, 15) is 13.2 Å². The molecule has 1 aliphatic rings. The van der Waals surface area contributed by atoms with Gasteiger partial charge in [-0.2, -0.15) is 0 Å². The SMILES string of the molecule is CCS(=O)(=O)N1CCC[C@@H](C(=O)NNC(=S)NCc2ccc(Cl)cc2)C1. The van der Waals surface area contributed by atoms with E-state index in [4.69, 9.17) is 23.8 Å². The summed E-state index contributed by atoms with van der Waals surface area (Å²) in [7, 11) is -3.28. The van der Waals surface area contributed by atoms with Crippen LogP contribution < -0.4 is 16.2 Å². The highest BCUT2D eigenvalue weighted by atomic mass is 35.5. The molecule has 1 saturated heterocycles. The van der Waals surface area contributed by atoms with Crippen molar-refractivity contribution in [1.29, 1.82) is 0 Å². The van der Waals surface area contributed by atoms with Crippen LogP contribution in [0.1, 0.15) is 25.3 Å². The molecule has 1 heterocycles. The number of hydrazine groups is 1.